The lowest BCUT2D eigenvalue weighted by Crippen LogP contribution is -2.33. The number of aryl methyl sites for hydroxylation is 1. The maximum absolute atomic E-state index is 12.4. The predicted octanol–water partition coefficient (Wildman–Crippen LogP) is 3.04. The smallest absolute Gasteiger partial charge is 0.251 e. The molecule has 0 fully saturated rings. The number of carbonyl (C=O) groups is 2. The molecule has 0 saturated heterocycles. The zero-order valence-electron chi connectivity index (χ0n) is 15.5. The summed E-state index contributed by atoms with van der Waals surface area (Å²) in [5.74, 6) is 0.275. The average Bonchev–Trinajstić information content (AvgIpc) is 2.66. The van der Waals surface area contributed by atoms with Crippen molar-refractivity contribution in [1.29, 1.82) is 0 Å². The van der Waals surface area contributed by atoms with Gasteiger partial charge in [-0.3, -0.25) is 9.59 Å². The summed E-state index contributed by atoms with van der Waals surface area (Å²) in [5, 5.41) is 5.87. The third-order valence-corrected chi connectivity index (χ3v) is 4.03. The molecule has 2 amide bonds. The molecule has 2 rings (SSSR count). The summed E-state index contributed by atoms with van der Waals surface area (Å²) in [7, 11) is 4.39. The minimum absolute atomic E-state index is 0.197. The molecule has 27 heavy (non-hydrogen) atoms. The van der Waals surface area contributed by atoms with Crippen LogP contribution in [0.15, 0.2) is 30.3 Å². The highest BCUT2D eigenvalue weighted by Crippen LogP contribution is 2.38. The molecule has 0 saturated carbocycles. The van der Waals surface area contributed by atoms with Gasteiger partial charge >= 0.3 is 0 Å². The van der Waals surface area contributed by atoms with Crippen molar-refractivity contribution in [2.24, 2.45) is 0 Å². The second-order valence-corrected chi connectivity index (χ2v) is 6.04. The van der Waals surface area contributed by atoms with E-state index in [0.717, 1.165) is 5.56 Å². The Morgan fingerprint density at radius 2 is 1.63 bits per heavy atom. The number of nitrogens with one attached hydrogen (secondary N) is 2. The molecular weight excluding hydrogens is 372 g/mol. The van der Waals surface area contributed by atoms with Gasteiger partial charge in [-0.2, -0.15) is 0 Å². The summed E-state index contributed by atoms with van der Waals surface area (Å²) >= 11 is 5.90. The highest BCUT2D eigenvalue weighted by Gasteiger charge is 2.17. The SMILES string of the molecule is COc1cc(C(=O)NCC(=O)Nc2ccc(Cl)cc2C)cc(OC)c1OC. The van der Waals surface area contributed by atoms with Crippen molar-refractivity contribution in [2.45, 2.75) is 6.92 Å². The van der Waals surface area contributed by atoms with E-state index >= 15 is 0 Å². The monoisotopic (exact) mass is 392 g/mol. The van der Waals surface area contributed by atoms with Crippen molar-refractivity contribution in [3.8, 4) is 17.2 Å². The highest BCUT2D eigenvalue weighted by atomic mass is 35.5. The van der Waals surface area contributed by atoms with Gasteiger partial charge in [0.05, 0.1) is 27.9 Å². The second kappa shape index (κ2) is 9.14. The summed E-state index contributed by atoms with van der Waals surface area (Å²) in [5.41, 5.74) is 1.73. The summed E-state index contributed by atoms with van der Waals surface area (Å²) in [6, 6.07) is 8.15. The first-order valence-corrected chi connectivity index (χ1v) is 8.41. The maximum atomic E-state index is 12.4. The molecule has 0 aromatic heterocycles. The number of hydrogen-bond acceptors (Lipinski definition) is 5. The maximum Gasteiger partial charge on any atom is 0.251 e. The molecule has 0 spiro atoms. The van der Waals surface area contributed by atoms with Gasteiger partial charge in [0, 0.05) is 16.3 Å². The second-order valence-electron chi connectivity index (χ2n) is 5.60. The van der Waals surface area contributed by atoms with E-state index in [4.69, 9.17) is 25.8 Å². The van der Waals surface area contributed by atoms with E-state index in [-0.39, 0.29) is 18.0 Å². The van der Waals surface area contributed by atoms with Gasteiger partial charge in [-0.05, 0) is 42.8 Å². The van der Waals surface area contributed by atoms with Gasteiger partial charge in [0.15, 0.2) is 11.5 Å². The molecule has 0 bridgehead atoms. The van der Waals surface area contributed by atoms with E-state index in [9.17, 15) is 9.59 Å². The number of anilines is 1. The molecule has 0 radical (unpaired) electrons. The molecule has 8 heteroatoms. The Morgan fingerprint density at radius 1 is 1.00 bits per heavy atom. The Bertz CT molecular complexity index is 829. The number of carbonyl (C=O) groups excluding carboxylic acids is 2. The van der Waals surface area contributed by atoms with Crippen LogP contribution in [0.5, 0.6) is 17.2 Å². The number of hydrogen-bond donors (Lipinski definition) is 2. The number of ether oxygens (including phenoxy) is 3. The predicted molar refractivity (Wildman–Crippen MR) is 103 cm³/mol. The fourth-order valence-corrected chi connectivity index (χ4v) is 2.66. The molecule has 0 heterocycles. The highest BCUT2D eigenvalue weighted by molar-refractivity contribution is 6.30. The molecule has 0 aliphatic heterocycles. The van der Waals surface area contributed by atoms with Crippen LogP contribution in [0.3, 0.4) is 0 Å². The lowest BCUT2D eigenvalue weighted by molar-refractivity contribution is -0.115. The van der Waals surface area contributed by atoms with Gasteiger partial charge in [0.2, 0.25) is 11.7 Å². The molecule has 0 aliphatic rings. The van der Waals surface area contributed by atoms with E-state index in [1.165, 1.54) is 33.5 Å². The van der Waals surface area contributed by atoms with Gasteiger partial charge in [0.1, 0.15) is 0 Å². The average molecular weight is 393 g/mol. The molecule has 144 valence electrons. The van der Waals surface area contributed by atoms with Gasteiger partial charge in [0.25, 0.3) is 5.91 Å². The van der Waals surface area contributed by atoms with Gasteiger partial charge in [-0.25, -0.2) is 0 Å². The van der Waals surface area contributed by atoms with Crippen LogP contribution in [-0.2, 0) is 4.79 Å². The largest absolute Gasteiger partial charge is 0.493 e. The summed E-state index contributed by atoms with van der Waals surface area (Å²) in [6.45, 7) is 1.63. The van der Waals surface area contributed by atoms with Crippen LogP contribution in [0.1, 0.15) is 15.9 Å². The van der Waals surface area contributed by atoms with E-state index < -0.39 is 5.91 Å². The number of amides is 2. The Kier molecular flexibility index (Phi) is 6.90. The van der Waals surface area contributed by atoms with E-state index in [1.54, 1.807) is 18.2 Å². The normalized spacial score (nSPS) is 10.1. The topological polar surface area (TPSA) is 85.9 Å². The molecule has 2 aromatic rings. The van der Waals surface area contributed by atoms with Gasteiger partial charge in [-0.15, -0.1) is 0 Å². The Labute approximate surface area is 162 Å². The van der Waals surface area contributed by atoms with Crippen LogP contribution in [0, 0.1) is 6.92 Å². The zero-order chi connectivity index (χ0) is 20.0. The van der Waals surface area contributed by atoms with Crippen LogP contribution in [0.4, 0.5) is 5.69 Å². The first-order chi connectivity index (χ1) is 12.9. The van der Waals surface area contributed by atoms with Crippen LogP contribution < -0.4 is 24.8 Å². The van der Waals surface area contributed by atoms with Gasteiger partial charge in [-0.1, -0.05) is 11.6 Å². The molecule has 0 unspecified atom stereocenters. The quantitative estimate of drug-likeness (QED) is 0.756. The fourth-order valence-electron chi connectivity index (χ4n) is 2.44. The van der Waals surface area contributed by atoms with Crippen molar-refractivity contribution < 1.29 is 23.8 Å². The van der Waals surface area contributed by atoms with Crippen molar-refractivity contribution >= 4 is 29.1 Å². The van der Waals surface area contributed by atoms with E-state index in [0.29, 0.717) is 28.0 Å². The van der Waals surface area contributed by atoms with Crippen LogP contribution in [0.2, 0.25) is 5.02 Å². The Balaban J connectivity index is 2.05. The fraction of sp³-hybridized carbons (Fsp3) is 0.263. The first-order valence-electron chi connectivity index (χ1n) is 8.03. The lowest BCUT2D eigenvalue weighted by atomic mass is 10.1. The van der Waals surface area contributed by atoms with Crippen LogP contribution in [-0.4, -0.2) is 39.7 Å². The summed E-state index contributed by atoms with van der Waals surface area (Å²) < 4.78 is 15.7. The van der Waals surface area contributed by atoms with Crippen molar-refractivity contribution in [3.05, 3.63) is 46.5 Å². The molecule has 2 aromatic carbocycles. The molecule has 7 nitrogen and oxygen atoms in total. The number of methoxy groups -OCH3 is 3. The van der Waals surface area contributed by atoms with E-state index in [1.807, 2.05) is 6.92 Å². The molecule has 0 aliphatic carbocycles. The zero-order valence-corrected chi connectivity index (χ0v) is 16.3. The Morgan fingerprint density at radius 3 is 2.15 bits per heavy atom. The third-order valence-electron chi connectivity index (χ3n) is 3.80. The first kappa shape index (κ1) is 20.4. The summed E-state index contributed by atoms with van der Waals surface area (Å²) in [6.07, 6.45) is 0. The number of halogens is 1. The number of benzene rings is 2. The van der Waals surface area contributed by atoms with Crippen molar-refractivity contribution in [2.75, 3.05) is 33.2 Å². The van der Waals surface area contributed by atoms with Crippen molar-refractivity contribution in [1.82, 2.24) is 5.32 Å². The van der Waals surface area contributed by atoms with Gasteiger partial charge < -0.3 is 24.8 Å². The molecule has 0 atom stereocenters. The Hall–Kier alpha value is -2.93. The lowest BCUT2D eigenvalue weighted by Gasteiger charge is -2.14. The number of rotatable bonds is 7. The van der Waals surface area contributed by atoms with Crippen molar-refractivity contribution in [3.63, 3.8) is 0 Å². The third kappa shape index (κ3) is 5.04. The standard InChI is InChI=1S/C19H21ClN2O5/c1-11-7-13(20)5-6-14(11)22-17(23)10-21-19(24)12-8-15(25-2)18(27-4)16(9-12)26-3/h5-9H,10H2,1-4H3,(H,21,24)(H,22,23). The molecular formula is C19H21ClN2O5. The molecule has 2 N–H and O–H groups in total. The van der Waals surface area contributed by atoms with Crippen LogP contribution in [0.25, 0.3) is 0 Å². The minimum atomic E-state index is -0.447. The summed E-state index contributed by atoms with van der Waals surface area (Å²) in [4.78, 5) is 24.5. The van der Waals surface area contributed by atoms with E-state index in [2.05, 4.69) is 10.6 Å². The van der Waals surface area contributed by atoms with Crippen LogP contribution >= 0.6 is 11.6 Å². The minimum Gasteiger partial charge on any atom is -0.493 e.